The van der Waals surface area contributed by atoms with Crippen molar-refractivity contribution in [2.75, 3.05) is 12.4 Å². The van der Waals surface area contributed by atoms with Crippen molar-refractivity contribution in [3.05, 3.63) is 34.3 Å². The standard InChI is InChI=1S/C17H18F2N2O3S/c1-23-12-8-5-6-10(14(12)24-16(18)19)15(22)21-17-20-11-7-3-2-4-9-13(11)25-17/h5-6,8,16H,2-4,7,9H2,1H3,(H,20,21,22). The van der Waals surface area contributed by atoms with Gasteiger partial charge in [0.1, 0.15) is 0 Å². The monoisotopic (exact) mass is 368 g/mol. The summed E-state index contributed by atoms with van der Waals surface area (Å²) in [6.45, 7) is -3.06. The Balaban J connectivity index is 1.84. The largest absolute Gasteiger partial charge is 0.493 e. The number of anilines is 1. The molecule has 1 aliphatic rings. The number of nitrogens with zero attached hydrogens (tertiary/aromatic N) is 1. The molecule has 0 unspecified atom stereocenters. The molecule has 1 aromatic heterocycles. The fourth-order valence-electron chi connectivity index (χ4n) is 2.81. The van der Waals surface area contributed by atoms with E-state index >= 15 is 0 Å². The first-order valence-corrected chi connectivity index (χ1v) is 8.82. The summed E-state index contributed by atoms with van der Waals surface area (Å²) >= 11 is 1.44. The number of rotatable bonds is 5. The Bertz CT molecular complexity index is 741. The van der Waals surface area contributed by atoms with Crippen LogP contribution in [0, 0.1) is 0 Å². The molecule has 3 rings (SSSR count). The maximum absolute atomic E-state index is 12.7. The Hall–Kier alpha value is -2.22. The van der Waals surface area contributed by atoms with Crippen LogP contribution < -0.4 is 14.8 Å². The number of thiazole rings is 1. The number of aromatic nitrogens is 1. The number of carbonyl (C=O) groups excluding carboxylic acids is 1. The molecule has 0 aliphatic heterocycles. The van der Waals surface area contributed by atoms with Crippen LogP contribution in [0.5, 0.6) is 11.5 Å². The molecule has 0 atom stereocenters. The van der Waals surface area contributed by atoms with E-state index in [1.807, 2.05) is 0 Å². The van der Waals surface area contributed by atoms with E-state index in [9.17, 15) is 13.6 Å². The van der Waals surface area contributed by atoms with Crippen LogP contribution in [0.3, 0.4) is 0 Å². The fraction of sp³-hybridized carbons (Fsp3) is 0.412. The Kier molecular flexibility index (Phi) is 5.47. The van der Waals surface area contributed by atoms with Gasteiger partial charge in [-0.3, -0.25) is 10.1 Å². The number of nitrogens with one attached hydrogen (secondary N) is 1. The van der Waals surface area contributed by atoms with Crippen molar-refractivity contribution in [3.63, 3.8) is 0 Å². The molecule has 8 heteroatoms. The van der Waals surface area contributed by atoms with E-state index in [1.54, 1.807) is 6.07 Å². The minimum absolute atomic E-state index is 0.0231. The number of alkyl halides is 2. The predicted octanol–water partition coefficient (Wildman–Crippen LogP) is 4.27. The van der Waals surface area contributed by atoms with Crippen molar-refractivity contribution < 1.29 is 23.0 Å². The fourth-order valence-corrected chi connectivity index (χ4v) is 3.86. The molecule has 0 fully saturated rings. The van der Waals surface area contributed by atoms with Gasteiger partial charge in [-0.15, -0.1) is 11.3 Å². The highest BCUT2D eigenvalue weighted by atomic mass is 32.1. The van der Waals surface area contributed by atoms with Gasteiger partial charge in [-0.05, 0) is 37.8 Å². The molecule has 1 aromatic carbocycles. The number of hydrogen-bond acceptors (Lipinski definition) is 5. The lowest BCUT2D eigenvalue weighted by atomic mass is 10.1. The SMILES string of the molecule is COc1cccc(C(=O)Nc2nc3c(s2)CCCCC3)c1OC(F)F. The van der Waals surface area contributed by atoms with Gasteiger partial charge in [0.2, 0.25) is 0 Å². The molecule has 1 aliphatic carbocycles. The molecule has 0 spiro atoms. The first-order valence-electron chi connectivity index (χ1n) is 8.00. The molecule has 134 valence electrons. The number of methoxy groups -OCH3 is 1. The van der Waals surface area contributed by atoms with Crippen LogP contribution in [0.1, 0.15) is 40.2 Å². The van der Waals surface area contributed by atoms with E-state index in [-0.39, 0.29) is 17.1 Å². The van der Waals surface area contributed by atoms with E-state index in [0.717, 1.165) is 31.4 Å². The third kappa shape index (κ3) is 4.07. The number of para-hydroxylation sites is 1. The highest BCUT2D eigenvalue weighted by Gasteiger charge is 2.22. The van der Waals surface area contributed by atoms with Crippen molar-refractivity contribution in [3.8, 4) is 11.5 Å². The van der Waals surface area contributed by atoms with Crippen molar-refractivity contribution in [1.29, 1.82) is 0 Å². The van der Waals surface area contributed by atoms with Crippen molar-refractivity contribution in [1.82, 2.24) is 4.98 Å². The number of aryl methyl sites for hydroxylation is 2. The van der Waals surface area contributed by atoms with Crippen LogP contribution in [0.4, 0.5) is 13.9 Å². The summed E-state index contributed by atoms with van der Waals surface area (Å²) in [5, 5.41) is 3.16. The maximum Gasteiger partial charge on any atom is 0.387 e. The van der Waals surface area contributed by atoms with Crippen LogP contribution in [0.25, 0.3) is 0 Å². The Labute approximate surface area is 148 Å². The summed E-state index contributed by atoms with van der Waals surface area (Å²) in [5.41, 5.74) is 0.998. The Morgan fingerprint density at radius 3 is 2.84 bits per heavy atom. The molecule has 0 saturated carbocycles. The van der Waals surface area contributed by atoms with Gasteiger partial charge in [-0.25, -0.2) is 4.98 Å². The minimum atomic E-state index is -3.06. The van der Waals surface area contributed by atoms with Crippen LogP contribution >= 0.6 is 11.3 Å². The Morgan fingerprint density at radius 2 is 2.08 bits per heavy atom. The van der Waals surface area contributed by atoms with Gasteiger partial charge < -0.3 is 9.47 Å². The minimum Gasteiger partial charge on any atom is -0.493 e. The topological polar surface area (TPSA) is 60.5 Å². The molecule has 1 heterocycles. The first kappa shape index (κ1) is 17.6. The molecular formula is C17H18F2N2O3S. The summed E-state index contributed by atoms with van der Waals surface area (Å²) in [5.74, 6) is -0.767. The quantitative estimate of drug-likeness (QED) is 0.801. The predicted molar refractivity (Wildman–Crippen MR) is 91.0 cm³/mol. The summed E-state index contributed by atoms with van der Waals surface area (Å²) in [6, 6.07) is 4.41. The summed E-state index contributed by atoms with van der Waals surface area (Å²) in [4.78, 5) is 18.2. The van der Waals surface area contributed by atoms with E-state index in [1.165, 1.54) is 41.9 Å². The lowest BCUT2D eigenvalue weighted by Crippen LogP contribution is -2.15. The number of ether oxygens (including phenoxy) is 2. The average Bonchev–Trinajstić information content (AvgIpc) is 2.82. The summed E-state index contributed by atoms with van der Waals surface area (Å²) < 4.78 is 34.9. The highest BCUT2D eigenvalue weighted by Crippen LogP contribution is 2.34. The second kappa shape index (κ2) is 7.77. The number of benzene rings is 1. The second-order valence-electron chi connectivity index (χ2n) is 5.62. The molecule has 1 N–H and O–H groups in total. The molecule has 25 heavy (non-hydrogen) atoms. The zero-order valence-corrected chi connectivity index (χ0v) is 14.5. The van der Waals surface area contributed by atoms with Crippen LogP contribution in [0.2, 0.25) is 0 Å². The summed E-state index contributed by atoms with van der Waals surface area (Å²) in [7, 11) is 1.33. The second-order valence-corrected chi connectivity index (χ2v) is 6.70. The van der Waals surface area contributed by atoms with Crippen LogP contribution in [-0.2, 0) is 12.8 Å². The first-order chi connectivity index (χ1) is 12.1. The van der Waals surface area contributed by atoms with Gasteiger partial charge in [0.25, 0.3) is 5.91 Å². The molecule has 5 nitrogen and oxygen atoms in total. The summed E-state index contributed by atoms with van der Waals surface area (Å²) in [6.07, 6.45) is 5.25. The molecule has 2 aromatic rings. The zero-order chi connectivity index (χ0) is 17.8. The average molecular weight is 368 g/mol. The van der Waals surface area contributed by atoms with Gasteiger partial charge in [0, 0.05) is 4.88 Å². The van der Waals surface area contributed by atoms with Crippen molar-refractivity contribution >= 4 is 22.4 Å². The number of hydrogen-bond donors (Lipinski definition) is 1. The van der Waals surface area contributed by atoms with Crippen molar-refractivity contribution in [2.45, 2.75) is 38.7 Å². The molecule has 0 bridgehead atoms. The zero-order valence-electron chi connectivity index (χ0n) is 13.7. The van der Waals surface area contributed by atoms with Gasteiger partial charge in [0.05, 0.1) is 18.4 Å². The lowest BCUT2D eigenvalue weighted by molar-refractivity contribution is -0.0515. The molecular weight excluding hydrogens is 350 g/mol. The molecule has 0 saturated heterocycles. The van der Waals surface area contributed by atoms with E-state index in [0.29, 0.717) is 5.13 Å². The third-order valence-electron chi connectivity index (χ3n) is 3.97. The third-order valence-corrected chi connectivity index (χ3v) is 5.04. The number of amides is 1. The van der Waals surface area contributed by atoms with Crippen molar-refractivity contribution in [2.24, 2.45) is 0 Å². The van der Waals surface area contributed by atoms with Gasteiger partial charge in [-0.2, -0.15) is 8.78 Å². The van der Waals surface area contributed by atoms with Gasteiger partial charge in [-0.1, -0.05) is 12.5 Å². The number of carbonyl (C=O) groups is 1. The van der Waals surface area contributed by atoms with E-state index in [4.69, 9.17) is 4.74 Å². The maximum atomic E-state index is 12.7. The van der Waals surface area contributed by atoms with Gasteiger partial charge in [0.15, 0.2) is 16.6 Å². The molecule has 0 radical (unpaired) electrons. The highest BCUT2D eigenvalue weighted by molar-refractivity contribution is 7.15. The molecule has 1 amide bonds. The normalized spacial score (nSPS) is 13.9. The Morgan fingerprint density at radius 1 is 1.28 bits per heavy atom. The number of fused-ring (bicyclic) bond motifs is 1. The van der Waals surface area contributed by atoms with Gasteiger partial charge >= 0.3 is 6.61 Å². The van der Waals surface area contributed by atoms with E-state index < -0.39 is 12.5 Å². The lowest BCUT2D eigenvalue weighted by Gasteiger charge is -2.13. The van der Waals surface area contributed by atoms with Crippen LogP contribution in [0.15, 0.2) is 18.2 Å². The number of halogens is 2. The smallest absolute Gasteiger partial charge is 0.387 e. The van der Waals surface area contributed by atoms with Crippen LogP contribution in [-0.4, -0.2) is 24.6 Å². The van der Waals surface area contributed by atoms with E-state index in [2.05, 4.69) is 15.0 Å².